The second kappa shape index (κ2) is 12.4. The fourth-order valence-corrected chi connectivity index (χ4v) is 1.66. The van der Waals surface area contributed by atoms with Gasteiger partial charge in [0.25, 0.3) is 0 Å². The number of rotatable bonds is 2. The number of hydrogen-bond donors (Lipinski definition) is 0. The van der Waals surface area contributed by atoms with Crippen LogP contribution in [0.3, 0.4) is 0 Å². The highest BCUT2D eigenvalue weighted by Gasteiger charge is 2.18. The number of hydrogen-bond acceptors (Lipinski definition) is 1. The predicted octanol–water partition coefficient (Wildman–Crippen LogP) is 4.57. The highest BCUT2D eigenvalue weighted by atomic mass is 16.2. The van der Waals surface area contributed by atoms with Gasteiger partial charge in [0.1, 0.15) is 0 Å². The Morgan fingerprint density at radius 3 is 1.83 bits per heavy atom. The summed E-state index contributed by atoms with van der Waals surface area (Å²) in [6.07, 6.45) is 6.28. The molecule has 0 bridgehead atoms. The van der Waals surface area contributed by atoms with Gasteiger partial charge in [0.05, 0.1) is 0 Å². The first-order valence-corrected chi connectivity index (χ1v) is 7.25. The minimum absolute atomic E-state index is 0.198. The van der Waals surface area contributed by atoms with Crippen molar-refractivity contribution in [1.82, 2.24) is 4.90 Å². The van der Waals surface area contributed by atoms with Gasteiger partial charge < -0.3 is 4.90 Å². The zero-order valence-corrected chi connectivity index (χ0v) is 13.3. The Labute approximate surface area is 114 Å². The number of likely N-dealkylation sites (tertiary alicyclic amines) is 1. The Morgan fingerprint density at radius 2 is 1.44 bits per heavy atom. The third-order valence-corrected chi connectivity index (χ3v) is 2.63. The minimum atomic E-state index is 0.198. The molecular formula is C16H31NO. The van der Waals surface area contributed by atoms with Crippen LogP contribution in [0.15, 0.2) is 23.3 Å². The van der Waals surface area contributed by atoms with E-state index in [1.165, 1.54) is 0 Å². The van der Waals surface area contributed by atoms with Gasteiger partial charge in [0.2, 0.25) is 5.91 Å². The Bertz CT molecular complexity index is 271. The molecule has 2 nitrogen and oxygen atoms in total. The lowest BCUT2D eigenvalue weighted by molar-refractivity contribution is -0.126. The average Bonchev–Trinajstić information content (AvgIpc) is 2.96. The molecule has 0 spiro atoms. The maximum absolute atomic E-state index is 11.8. The average molecular weight is 253 g/mol. The van der Waals surface area contributed by atoms with Crippen molar-refractivity contribution < 1.29 is 4.79 Å². The van der Waals surface area contributed by atoms with Crippen LogP contribution in [0.2, 0.25) is 0 Å². The molecule has 0 N–H and O–H groups in total. The van der Waals surface area contributed by atoms with E-state index < -0.39 is 0 Å². The second-order valence-electron chi connectivity index (χ2n) is 3.86. The van der Waals surface area contributed by atoms with Gasteiger partial charge in [0.15, 0.2) is 0 Å². The third-order valence-electron chi connectivity index (χ3n) is 2.63. The zero-order valence-electron chi connectivity index (χ0n) is 13.3. The van der Waals surface area contributed by atoms with Crippen LogP contribution in [0.5, 0.6) is 0 Å². The Hall–Kier alpha value is -1.05. The summed E-state index contributed by atoms with van der Waals surface area (Å²) >= 11 is 0. The number of nitrogens with zero attached hydrogens (tertiary/aromatic N) is 1. The summed E-state index contributed by atoms with van der Waals surface area (Å²) < 4.78 is 0. The lowest BCUT2D eigenvalue weighted by atomic mass is 10.1. The van der Waals surface area contributed by atoms with E-state index >= 15 is 0 Å². The van der Waals surface area contributed by atoms with Crippen molar-refractivity contribution in [2.75, 3.05) is 13.1 Å². The first-order chi connectivity index (χ1) is 8.65. The maximum atomic E-state index is 11.8. The highest BCUT2D eigenvalue weighted by Crippen LogP contribution is 2.12. The molecule has 106 valence electrons. The molecule has 0 aromatic carbocycles. The molecule has 0 atom stereocenters. The summed E-state index contributed by atoms with van der Waals surface area (Å²) in [5.74, 6) is 0.198. The van der Waals surface area contributed by atoms with Crippen LogP contribution in [0.1, 0.15) is 61.3 Å². The topological polar surface area (TPSA) is 20.3 Å². The first kappa shape index (κ1) is 19.3. The Morgan fingerprint density at radius 1 is 1.00 bits per heavy atom. The Kier molecular flexibility index (Phi) is 13.3. The molecule has 0 aliphatic carbocycles. The maximum Gasteiger partial charge on any atom is 0.249 e. The van der Waals surface area contributed by atoms with Gasteiger partial charge in [-0.25, -0.2) is 0 Å². The van der Waals surface area contributed by atoms with Crippen molar-refractivity contribution in [2.24, 2.45) is 0 Å². The molecule has 0 aromatic heterocycles. The van der Waals surface area contributed by atoms with Crippen LogP contribution in [0, 0.1) is 0 Å². The number of amides is 1. The summed E-state index contributed by atoms with van der Waals surface area (Å²) in [7, 11) is 0. The van der Waals surface area contributed by atoms with E-state index in [0.717, 1.165) is 37.1 Å². The van der Waals surface area contributed by atoms with Gasteiger partial charge >= 0.3 is 0 Å². The van der Waals surface area contributed by atoms with E-state index in [1.54, 1.807) is 0 Å². The van der Waals surface area contributed by atoms with Crippen LogP contribution in [-0.4, -0.2) is 23.9 Å². The van der Waals surface area contributed by atoms with Crippen molar-refractivity contribution in [2.45, 2.75) is 61.3 Å². The van der Waals surface area contributed by atoms with Gasteiger partial charge in [-0.15, -0.1) is 0 Å². The standard InChI is InChI=1S/C12H19NO.2C2H6/c1-4-10(2)9-11(3)12(14)13-7-5-6-8-13;2*1-2/h4,9H,5-8H2,1-3H3;2*1-2H3/b10-4-,11-9+;;. The fourth-order valence-electron chi connectivity index (χ4n) is 1.66. The second-order valence-corrected chi connectivity index (χ2v) is 3.86. The molecule has 1 amide bonds. The molecule has 1 saturated heterocycles. The first-order valence-electron chi connectivity index (χ1n) is 7.25. The molecule has 0 radical (unpaired) electrons. The van der Waals surface area contributed by atoms with E-state index in [1.807, 2.05) is 65.5 Å². The zero-order chi connectivity index (χ0) is 14.6. The van der Waals surface area contributed by atoms with Crippen molar-refractivity contribution in [3.63, 3.8) is 0 Å². The molecule has 1 fully saturated rings. The molecule has 1 heterocycles. The molecular weight excluding hydrogens is 222 g/mol. The number of allylic oxidation sites excluding steroid dienone is 3. The van der Waals surface area contributed by atoms with E-state index in [4.69, 9.17) is 0 Å². The van der Waals surface area contributed by atoms with Crippen molar-refractivity contribution in [3.8, 4) is 0 Å². The molecule has 1 rings (SSSR count). The summed E-state index contributed by atoms with van der Waals surface area (Å²) in [4.78, 5) is 13.8. The van der Waals surface area contributed by atoms with Crippen LogP contribution in [0.25, 0.3) is 0 Å². The van der Waals surface area contributed by atoms with E-state index in [-0.39, 0.29) is 5.91 Å². The SMILES string of the molecule is C/C=C(C)\C=C(/C)C(=O)N1CCCC1.CC.CC. The smallest absolute Gasteiger partial charge is 0.249 e. The summed E-state index contributed by atoms with van der Waals surface area (Å²) in [5.41, 5.74) is 2.00. The lowest BCUT2D eigenvalue weighted by Gasteiger charge is -2.15. The highest BCUT2D eigenvalue weighted by molar-refractivity contribution is 5.93. The molecule has 0 aromatic rings. The van der Waals surface area contributed by atoms with Gasteiger partial charge in [-0.1, -0.05) is 45.4 Å². The minimum Gasteiger partial charge on any atom is -0.339 e. The molecule has 1 aliphatic rings. The number of carbonyl (C=O) groups is 1. The largest absolute Gasteiger partial charge is 0.339 e. The predicted molar refractivity (Wildman–Crippen MR) is 81.7 cm³/mol. The molecule has 18 heavy (non-hydrogen) atoms. The monoisotopic (exact) mass is 253 g/mol. The lowest BCUT2D eigenvalue weighted by Crippen LogP contribution is -2.28. The molecule has 0 saturated carbocycles. The third kappa shape index (κ3) is 7.31. The van der Waals surface area contributed by atoms with Crippen LogP contribution >= 0.6 is 0 Å². The summed E-state index contributed by atoms with van der Waals surface area (Å²) in [6, 6.07) is 0. The van der Waals surface area contributed by atoms with Gasteiger partial charge in [-0.2, -0.15) is 0 Å². The van der Waals surface area contributed by atoms with Gasteiger partial charge in [-0.05, 0) is 33.6 Å². The van der Waals surface area contributed by atoms with Crippen LogP contribution < -0.4 is 0 Å². The normalized spacial score (nSPS) is 15.4. The van der Waals surface area contributed by atoms with Crippen molar-refractivity contribution in [1.29, 1.82) is 0 Å². The number of carbonyl (C=O) groups excluding carboxylic acids is 1. The van der Waals surface area contributed by atoms with E-state index in [9.17, 15) is 4.79 Å². The summed E-state index contributed by atoms with van der Waals surface area (Å²) in [5, 5.41) is 0. The van der Waals surface area contributed by atoms with Crippen LogP contribution in [0.4, 0.5) is 0 Å². The van der Waals surface area contributed by atoms with Crippen LogP contribution in [-0.2, 0) is 4.79 Å². The molecule has 2 heteroatoms. The Balaban J connectivity index is 0. The van der Waals surface area contributed by atoms with Gasteiger partial charge in [-0.3, -0.25) is 4.79 Å². The molecule has 1 aliphatic heterocycles. The summed E-state index contributed by atoms with van der Waals surface area (Å²) in [6.45, 7) is 15.8. The van der Waals surface area contributed by atoms with Crippen molar-refractivity contribution >= 4 is 5.91 Å². The van der Waals surface area contributed by atoms with E-state index in [2.05, 4.69) is 0 Å². The quantitative estimate of drug-likeness (QED) is 0.521. The molecule has 0 unspecified atom stereocenters. The van der Waals surface area contributed by atoms with E-state index in [0.29, 0.717) is 0 Å². The van der Waals surface area contributed by atoms with Crippen molar-refractivity contribution in [3.05, 3.63) is 23.3 Å². The fraction of sp³-hybridized carbons (Fsp3) is 0.688. The van der Waals surface area contributed by atoms with Gasteiger partial charge in [0, 0.05) is 18.7 Å².